The van der Waals surface area contributed by atoms with Crippen LogP contribution in [0.15, 0.2) is 0 Å². The fourth-order valence-electron chi connectivity index (χ4n) is 1.11. The van der Waals surface area contributed by atoms with Gasteiger partial charge < -0.3 is 10.5 Å². The zero-order chi connectivity index (χ0) is 9.40. The molecule has 0 aliphatic heterocycles. The van der Waals surface area contributed by atoms with Crippen LogP contribution >= 0.6 is 11.6 Å². The summed E-state index contributed by atoms with van der Waals surface area (Å²) < 4.78 is 5.67. The van der Waals surface area contributed by atoms with E-state index in [1.54, 1.807) is 0 Å². The fourth-order valence-corrected chi connectivity index (χ4v) is 1.35. The highest BCUT2D eigenvalue weighted by molar-refractivity contribution is 6.17. The highest BCUT2D eigenvalue weighted by Gasteiger charge is 2.10. The molecule has 0 radical (unpaired) electrons. The molecule has 0 fully saturated rings. The van der Waals surface area contributed by atoms with E-state index in [0.29, 0.717) is 18.5 Å². The Morgan fingerprint density at radius 3 is 2.50 bits per heavy atom. The third kappa shape index (κ3) is 5.81. The lowest BCUT2D eigenvalue weighted by Gasteiger charge is -2.20. The molecule has 0 spiro atoms. The third-order valence-corrected chi connectivity index (χ3v) is 2.02. The summed E-state index contributed by atoms with van der Waals surface area (Å²) in [5.74, 6) is 0.669. The van der Waals surface area contributed by atoms with Crippen LogP contribution in [-0.4, -0.2) is 24.6 Å². The Morgan fingerprint density at radius 1 is 1.42 bits per heavy atom. The first-order valence-electron chi connectivity index (χ1n) is 4.66. The Bertz CT molecular complexity index is 94.5. The number of nitrogens with two attached hydrogens (primary N) is 1. The number of ether oxygens (including phenoxy) is 1. The minimum Gasteiger partial charge on any atom is -0.374 e. The van der Waals surface area contributed by atoms with Crippen molar-refractivity contribution in [2.75, 3.05) is 12.4 Å². The van der Waals surface area contributed by atoms with Crippen LogP contribution in [0.5, 0.6) is 0 Å². The summed E-state index contributed by atoms with van der Waals surface area (Å²) in [4.78, 5) is 0. The van der Waals surface area contributed by atoms with Gasteiger partial charge in [0.15, 0.2) is 0 Å². The van der Waals surface area contributed by atoms with Crippen molar-refractivity contribution in [1.29, 1.82) is 0 Å². The van der Waals surface area contributed by atoms with Gasteiger partial charge in [-0.2, -0.15) is 0 Å². The fraction of sp³-hybridized carbons (Fsp3) is 1.00. The van der Waals surface area contributed by atoms with Crippen LogP contribution in [0.4, 0.5) is 0 Å². The van der Waals surface area contributed by atoms with E-state index in [9.17, 15) is 0 Å². The summed E-state index contributed by atoms with van der Waals surface area (Å²) in [6, 6.07) is 0. The van der Waals surface area contributed by atoms with E-state index in [1.165, 1.54) is 0 Å². The topological polar surface area (TPSA) is 35.2 Å². The average Bonchev–Trinajstić information content (AvgIpc) is 2.05. The minimum atomic E-state index is 0.157. The maximum absolute atomic E-state index is 5.67. The summed E-state index contributed by atoms with van der Waals surface area (Å²) in [6.07, 6.45) is 3.60. The summed E-state index contributed by atoms with van der Waals surface area (Å²) in [5.41, 5.74) is 5.45. The summed E-state index contributed by atoms with van der Waals surface area (Å²) in [7, 11) is 0. The number of alkyl halides is 1. The van der Waals surface area contributed by atoms with Gasteiger partial charge in [-0.15, -0.1) is 11.6 Å². The zero-order valence-corrected chi connectivity index (χ0v) is 8.81. The van der Waals surface area contributed by atoms with Crippen molar-refractivity contribution in [3.05, 3.63) is 0 Å². The molecule has 0 aromatic carbocycles. The molecular formula is C9H20ClNO. The Morgan fingerprint density at radius 2 is 2.08 bits per heavy atom. The molecule has 0 aromatic rings. The van der Waals surface area contributed by atoms with Crippen molar-refractivity contribution in [3.63, 3.8) is 0 Å². The van der Waals surface area contributed by atoms with Crippen molar-refractivity contribution in [2.24, 2.45) is 5.73 Å². The van der Waals surface area contributed by atoms with Gasteiger partial charge in [-0.25, -0.2) is 0 Å². The molecule has 0 rings (SSSR count). The monoisotopic (exact) mass is 193 g/mol. The van der Waals surface area contributed by atoms with E-state index < -0.39 is 0 Å². The van der Waals surface area contributed by atoms with Crippen molar-refractivity contribution < 1.29 is 4.74 Å². The number of hydrogen-bond acceptors (Lipinski definition) is 2. The van der Waals surface area contributed by atoms with Crippen LogP contribution in [-0.2, 0) is 4.74 Å². The second kappa shape index (κ2) is 7.84. The van der Waals surface area contributed by atoms with Crippen LogP contribution < -0.4 is 5.73 Å². The van der Waals surface area contributed by atoms with Crippen molar-refractivity contribution >= 4 is 11.6 Å². The van der Waals surface area contributed by atoms with Crippen molar-refractivity contribution in [2.45, 2.75) is 45.3 Å². The molecule has 0 aliphatic carbocycles. The van der Waals surface area contributed by atoms with Gasteiger partial charge in [0.25, 0.3) is 0 Å². The van der Waals surface area contributed by atoms with E-state index in [2.05, 4.69) is 6.92 Å². The van der Waals surface area contributed by atoms with Gasteiger partial charge in [-0.1, -0.05) is 13.3 Å². The first-order chi connectivity index (χ1) is 5.74. The number of halogens is 1. The molecule has 2 atom stereocenters. The molecule has 0 amide bonds. The Balaban J connectivity index is 3.61. The number of rotatable bonds is 7. The normalized spacial score (nSPS) is 16.0. The Kier molecular flexibility index (Phi) is 7.98. The van der Waals surface area contributed by atoms with E-state index in [0.717, 1.165) is 19.3 Å². The van der Waals surface area contributed by atoms with Crippen LogP contribution in [0.3, 0.4) is 0 Å². The Labute approximate surface area is 80.4 Å². The standard InChI is InChI=1S/C9H20ClNO/c1-3-4-9(5-6-10)12-8(2)7-11/h8-9H,3-7,11H2,1-2H3. The third-order valence-electron chi connectivity index (χ3n) is 1.80. The molecule has 12 heavy (non-hydrogen) atoms. The molecule has 0 saturated heterocycles. The first kappa shape index (κ1) is 12.2. The lowest BCUT2D eigenvalue weighted by molar-refractivity contribution is -0.00331. The maximum Gasteiger partial charge on any atom is 0.0672 e. The SMILES string of the molecule is CCCC(CCCl)OC(C)CN. The summed E-state index contributed by atoms with van der Waals surface area (Å²) in [5, 5.41) is 0. The molecule has 2 unspecified atom stereocenters. The molecule has 0 aromatic heterocycles. The van der Waals surface area contributed by atoms with Gasteiger partial charge in [-0.05, 0) is 19.8 Å². The molecule has 0 heterocycles. The highest BCUT2D eigenvalue weighted by Crippen LogP contribution is 2.10. The van der Waals surface area contributed by atoms with E-state index >= 15 is 0 Å². The number of hydrogen-bond donors (Lipinski definition) is 1. The molecule has 74 valence electrons. The summed E-state index contributed by atoms with van der Waals surface area (Å²) in [6.45, 7) is 4.73. The molecule has 0 aliphatic rings. The molecule has 0 bridgehead atoms. The van der Waals surface area contributed by atoms with Gasteiger partial charge in [0.1, 0.15) is 0 Å². The van der Waals surface area contributed by atoms with Gasteiger partial charge in [-0.3, -0.25) is 0 Å². The van der Waals surface area contributed by atoms with E-state index in [1.807, 2.05) is 6.92 Å². The molecule has 2 nitrogen and oxygen atoms in total. The predicted molar refractivity (Wildman–Crippen MR) is 53.6 cm³/mol. The minimum absolute atomic E-state index is 0.157. The highest BCUT2D eigenvalue weighted by atomic mass is 35.5. The zero-order valence-electron chi connectivity index (χ0n) is 8.05. The van der Waals surface area contributed by atoms with Crippen molar-refractivity contribution in [1.82, 2.24) is 0 Å². The first-order valence-corrected chi connectivity index (χ1v) is 5.19. The van der Waals surface area contributed by atoms with Crippen LogP contribution in [0.1, 0.15) is 33.1 Å². The predicted octanol–water partition coefficient (Wildman–Crippen LogP) is 2.15. The second-order valence-corrected chi connectivity index (χ2v) is 3.45. The smallest absolute Gasteiger partial charge is 0.0672 e. The van der Waals surface area contributed by atoms with Crippen LogP contribution in [0.2, 0.25) is 0 Å². The van der Waals surface area contributed by atoms with Crippen molar-refractivity contribution in [3.8, 4) is 0 Å². The lowest BCUT2D eigenvalue weighted by atomic mass is 10.1. The van der Waals surface area contributed by atoms with Gasteiger partial charge in [0.05, 0.1) is 12.2 Å². The van der Waals surface area contributed by atoms with E-state index in [4.69, 9.17) is 22.1 Å². The molecule has 2 N–H and O–H groups in total. The molecule has 0 saturated carbocycles. The average molecular weight is 194 g/mol. The molecule has 3 heteroatoms. The van der Waals surface area contributed by atoms with Crippen LogP contribution in [0.25, 0.3) is 0 Å². The molecular weight excluding hydrogens is 174 g/mol. The maximum atomic E-state index is 5.67. The second-order valence-electron chi connectivity index (χ2n) is 3.07. The lowest BCUT2D eigenvalue weighted by Crippen LogP contribution is -2.26. The summed E-state index contributed by atoms with van der Waals surface area (Å²) >= 11 is 5.65. The largest absolute Gasteiger partial charge is 0.374 e. The van der Waals surface area contributed by atoms with Gasteiger partial charge >= 0.3 is 0 Å². The van der Waals surface area contributed by atoms with Gasteiger partial charge in [0, 0.05) is 12.4 Å². The Hall–Kier alpha value is 0.210. The van der Waals surface area contributed by atoms with E-state index in [-0.39, 0.29) is 6.10 Å². The van der Waals surface area contributed by atoms with Crippen LogP contribution in [0, 0.1) is 0 Å². The van der Waals surface area contributed by atoms with Gasteiger partial charge in [0.2, 0.25) is 0 Å². The quantitative estimate of drug-likeness (QED) is 0.629.